The Labute approximate surface area is 114 Å². The first-order valence-corrected chi connectivity index (χ1v) is 7.82. The number of nitrogens with one attached hydrogen (secondary N) is 1. The molecule has 1 fully saturated rings. The third-order valence-electron chi connectivity index (χ3n) is 3.75. The maximum atomic E-state index is 5.67. The highest BCUT2D eigenvalue weighted by molar-refractivity contribution is 7.09. The molecule has 1 aromatic heterocycles. The van der Waals surface area contributed by atoms with Crippen LogP contribution >= 0.6 is 11.3 Å². The van der Waals surface area contributed by atoms with Gasteiger partial charge in [0.1, 0.15) is 0 Å². The van der Waals surface area contributed by atoms with Crippen molar-refractivity contribution < 1.29 is 4.74 Å². The van der Waals surface area contributed by atoms with Crippen LogP contribution in [0.1, 0.15) is 37.0 Å². The zero-order chi connectivity index (χ0) is 12.6. The Morgan fingerprint density at radius 2 is 2.28 bits per heavy atom. The summed E-state index contributed by atoms with van der Waals surface area (Å²) in [6.07, 6.45) is 7.17. The molecule has 2 heterocycles. The molecule has 18 heavy (non-hydrogen) atoms. The molecule has 2 rings (SSSR count). The molecule has 0 aromatic carbocycles. The number of aryl methyl sites for hydroxylation is 1. The second-order valence-electron chi connectivity index (χ2n) is 5.13. The lowest BCUT2D eigenvalue weighted by atomic mass is 9.91. The Bertz CT molecular complexity index is 310. The maximum Gasteiger partial charge on any atom is 0.0468 e. The predicted octanol–water partition coefficient (Wildman–Crippen LogP) is 2.72. The Hall–Kier alpha value is -0.420. The standard InChI is InChI=1S/C14H24N2OS/c15-16-13(11-12-6-8-17-9-7-12)3-1-4-14-5-2-10-18-14/h2,5,10,12-13,16H,1,3-4,6-9,11,15H2. The minimum Gasteiger partial charge on any atom is -0.381 e. The van der Waals surface area contributed by atoms with Gasteiger partial charge in [0.05, 0.1) is 0 Å². The number of hydrogen-bond acceptors (Lipinski definition) is 4. The molecular formula is C14H24N2OS. The van der Waals surface area contributed by atoms with Gasteiger partial charge in [0.25, 0.3) is 0 Å². The highest BCUT2D eigenvalue weighted by atomic mass is 32.1. The molecule has 0 aliphatic carbocycles. The number of nitrogens with two attached hydrogens (primary N) is 1. The fraction of sp³-hybridized carbons (Fsp3) is 0.714. The lowest BCUT2D eigenvalue weighted by Gasteiger charge is -2.26. The van der Waals surface area contributed by atoms with Crippen molar-refractivity contribution in [3.05, 3.63) is 22.4 Å². The molecule has 0 amide bonds. The number of thiophene rings is 1. The Kier molecular flexibility index (Phi) is 6.14. The summed E-state index contributed by atoms with van der Waals surface area (Å²) in [5.41, 5.74) is 2.99. The van der Waals surface area contributed by atoms with Crippen LogP contribution in [0.15, 0.2) is 17.5 Å². The fourth-order valence-electron chi connectivity index (χ4n) is 2.63. The highest BCUT2D eigenvalue weighted by Gasteiger charge is 2.18. The monoisotopic (exact) mass is 268 g/mol. The van der Waals surface area contributed by atoms with Crippen molar-refractivity contribution >= 4 is 11.3 Å². The van der Waals surface area contributed by atoms with Crippen LogP contribution in [0.2, 0.25) is 0 Å². The van der Waals surface area contributed by atoms with E-state index in [9.17, 15) is 0 Å². The molecule has 1 aliphatic heterocycles. The largest absolute Gasteiger partial charge is 0.381 e. The molecule has 4 heteroatoms. The molecule has 102 valence electrons. The van der Waals surface area contributed by atoms with Crippen LogP contribution in [0.5, 0.6) is 0 Å². The van der Waals surface area contributed by atoms with Crippen LogP contribution in [0.3, 0.4) is 0 Å². The number of ether oxygens (including phenoxy) is 1. The normalized spacial score (nSPS) is 18.9. The molecule has 1 unspecified atom stereocenters. The van der Waals surface area contributed by atoms with E-state index in [1.807, 2.05) is 11.3 Å². The molecule has 0 spiro atoms. The predicted molar refractivity (Wildman–Crippen MR) is 76.5 cm³/mol. The van der Waals surface area contributed by atoms with Crippen molar-refractivity contribution in [2.45, 2.75) is 44.6 Å². The zero-order valence-corrected chi connectivity index (χ0v) is 11.8. The molecular weight excluding hydrogens is 244 g/mol. The first-order valence-electron chi connectivity index (χ1n) is 6.94. The highest BCUT2D eigenvalue weighted by Crippen LogP contribution is 2.22. The van der Waals surface area contributed by atoms with Crippen molar-refractivity contribution in [1.82, 2.24) is 5.43 Å². The minimum atomic E-state index is 0.466. The maximum absolute atomic E-state index is 5.67. The van der Waals surface area contributed by atoms with Crippen LogP contribution in [-0.4, -0.2) is 19.3 Å². The molecule has 0 bridgehead atoms. The molecule has 3 nitrogen and oxygen atoms in total. The summed E-state index contributed by atoms with van der Waals surface area (Å²) in [6, 6.07) is 4.81. The zero-order valence-electron chi connectivity index (χ0n) is 10.9. The van der Waals surface area contributed by atoms with Crippen LogP contribution in [0.4, 0.5) is 0 Å². The van der Waals surface area contributed by atoms with Gasteiger partial charge < -0.3 is 4.74 Å². The van der Waals surface area contributed by atoms with E-state index in [1.165, 1.54) is 43.4 Å². The molecule has 1 aliphatic rings. The first kappa shape index (κ1) is 14.0. The van der Waals surface area contributed by atoms with Gasteiger partial charge in [0.15, 0.2) is 0 Å². The van der Waals surface area contributed by atoms with Crippen LogP contribution in [0.25, 0.3) is 0 Å². The minimum absolute atomic E-state index is 0.466. The van der Waals surface area contributed by atoms with Crippen LogP contribution in [-0.2, 0) is 11.2 Å². The van der Waals surface area contributed by atoms with Gasteiger partial charge in [-0.2, -0.15) is 0 Å². The van der Waals surface area contributed by atoms with Crippen molar-refractivity contribution in [3.63, 3.8) is 0 Å². The first-order chi connectivity index (χ1) is 8.88. The summed E-state index contributed by atoms with van der Waals surface area (Å²) in [5.74, 6) is 6.46. The number of hydrogen-bond donors (Lipinski definition) is 2. The van der Waals surface area contributed by atoms with Gasteiger partial charge in [-0.25, -0.2) is 0 Å². The van der Waals surface area contributed by atoms with Gasteiger partial charge >= 0.3 is 0 Å². The fourth-order valence-corrected chi connectivity index (χ4v) is 3.38. The van der Waals surface area contributed by atoms with Crippen molar-refractivity contribution in [3.8, 4) is 0 Å². The second kappa shape index (κ2) is 7.89. The topological polar surface area (TPSA) is 47.3 Å². The molecule has 0 saturated carbocycles. The molecule has 1 aromatic rings. The quantitative estimate of drug-likeness (QED) is 0.590. The Morgan fingerprint density at radius 3 is 2.94 bits per heavy atom. The number of rotatable bonds is 7. The van der Waals surface area contributed by atoms with Gasteiger partial charge in [0, 0.05) is 24.1 Å². The van der Waals surface area contributed by atoms with Gasteiger partial charge in [-0.05, 0) is 55.9 Å². The number of hydrazine groups is 1. The van der Waals surface area contributed by atoms with Gasteiger partial charge in [-0.15, -0.1) is 11.3 Å². The third kappa shape index (κ3) is 4.69. The van der Waals surface area contributed by atoms with Crippen LogP contribution in [0, 0.1) is 5.92 Å². The van der Waals surface area contributed by atoms with Crippen molar-refractivity contribution in [2.75, 3.05) is 13.2 Å². The smallest absolute Gasteiger partial charge is 0.0468 e. The summed E-state index contributed by atoms with van der Waals surface area (Å²) in [5, 5.41) is 2.15. The van der Waals surface area contributed by atoms with E-state index in [1.54, 1.807) is 0 Å². The molecule has 1 atom stereocenters. The lowest BCUT2D eigenvalue weighted by Crippen LogP contribution is -2.37. The van der Waals surface area contributed by atoms with Crippen molar-refractivity contribution in [2.24, 2.45) is 11.8 Å². The van der Waals surface area contributed by atoms with Crippen LogP contribution < -0.4 is 11.3 Å². The molecule has 0 radical (unpaired) electrons. The average Bonchev–Trinajstić information content (AvgIpc) is 2.92. The Morgan fingerprint density at radius 1 is 1.44 bits per heavy atom. The van der Waals surface area contributed by atoms with E-state index in [0.717, 1.165) is 19.1 Å². The van der Waals surface area contributed by atoms with E-state index in [0.29, 0.717) is 6.04 Å². The second-order valence-corrected chi connectivity index (χ2v) is 6.16. The van der Waals surface area contributed by atoms with Gasteiger partial charge in [-0.1, -0.05) is 6.07 Å². The summed E-state index contributed by atoms with van der Waals surface area (Å²) >= 11 is 1.85. The summed E-state index contributed by atoms with van der Waals surface area (Å²) in [6.45, 7) is 1.86. The molecule has 1 saturated heterocycles. The third-order valence-corrected chi connectivity index (χ3v) is 4.69. The molecule has 3 N–H and O–H groups in total. The SMILES string of the molecule is NNC(CCCc1cccs1)CC1CCOCC1. The van der Waals surface area contributed by atoms with E-state index in [4.69, 9.17) is 10.6 Å². The van der Waals surface area contributed by atoms with E-state index in [2.05, 4.69) is 22.9 Å². The van der Waals surface area contributed by atoms with Gasteiger partial charge in [0.2, 0.25) is 0 Å². The summed E-state index contributed by atoms with van der Waals surface area (Å²) in [4.78, 5) is 1.48. The van der Waals surface area contributed by atoms with Crippen molar-refractivity contribution in [1.29, 1.82) is 0 Å². The average molecular weight is 268 g/mol. The van der Waals surface area contributed by atoms with Gasteiger partial charge in [-0.3, -0.25) is 11.3 Å². The van der Waals surface area contributed by atoms with E-state index < -0.39 is 0 Å². The Balaban J connectivity index is 1.65. The van der Waals surface area contributed by atoms with E-state index in [-0.39, 0.29) is 0 Å². The summed E-state index contributed by atoms with van der Waals surface area (Å²) < 4.78 is 5.39. The lowest BCUT2D eigenvalue weighted by molar-refractivity contribution is 0.0601. The van der Waals surface area contributed by atoms with E-state index >= 15 is 0 Å². The summed E-state index contributed by atoms with van der Waals surface area (Å²) in [7, 11) is 0.